The fraction of sp³-hybridized carbons (Fsp3) is 0.333. The average Bonchev–Trinajstić information content (AvgIpc) is 2.97. The standard InChI is InChI=1S/C15H10F8N4O4/c1-26-11(8(14(18,19)20)10(25-26)13(16,17)15(21,22)23)24-12(28)6-4-3-5-7(27(29)30)9(6)31-2/h3-5H,1-2H3,(H,24,28). The summed E-state index contributed by atoms with van der Waals surface area (Å²) in [5.41, 5.74) is -6.64. The number of amides is 1. The maximum Gasteiger partial charge on any atom is 0.459 e. The van der Waals surface area contributed by atoms with Crippen LogP contribution in [0.25, 0.3) is 0 Å². The van der Waals surface area contributed by atoms with Crippen LogP contribution < -0.4 is 10.1 Å². The third kappa shape index (κ3) is 4.22. The van der Waals surface area contributed by atoms with E-state index >= 15 is 0 Å². The van der Waals surface area contributed by atoms with Crippen molar-refractivity contribution in [3.8, 4) is 5.75 Å². The van der Waals surface area contributed by atoms with Crippen LogP contribution in [0.1, 0.15) is 21.6 Å². The molecule has 0 saturated carbocycles. The monoisotopic (exact) mass is 462 g/mol. The SMILES string of the molecule is COc1c(C(=O)Nc2c(C(F)(F)F)c(C(F)(F)C(F)(F)F)nn2C)cccc1[N+](=O)[O-]. The van der Waals surface area contributed by atoms with Crippen LogP contribution >= 0.6 is 0 Å². The van der Waals surface area contributed by atoms with E-state index in [1.807, 2.05) is 0 Å². The number of carbonyl (C=O) groups excluding carboxylic acids is 1. The molecular weight excluding hydrogens is 452 g/mol. The summed E-state index contributed by atoms with van der Waals surface area (Å²) in [5.74, 6) is -9.73. The van der Waals surface area contributed by atoms with Gasteiger partial charge in [-0.15, -0.1) is 0 Å². The Morgan fingerprint density at radius 3 is 2.19 bits per heavy atom. The molecule has 31 heavy (non-hydrogen) atoms. The van der Waals surface area contributed by atoms with E-state index in [1.54, 1.807) is 0 Å². The van der Waals surface area contributed by atoms with E-state index in [2.05, 4.69) is 5.10 Å². The molecule has 0 radical (unpaired) electrons. The number of nitrogens with one attached hydrogen (secondary N) is 1. The maximum absolute atomic E-state index is 13.7. The molecule has 170 valence electrons. The van der Waals surface area contributed by atoms with Crippen molar-refractivity contribution in [1.29, 1.82) is 0 Å². The summed E-state index contributed by atoms with van der Waals surface area (Å²) >= 11 is 0. The molecule has 0 bridgehead atoms. The molecule has 1 heterocycles. The number of nitrogens with zero attached hydrogens (tertiary/aromatic N) is 3. The molecule has 16 heteroatoms. The van der Waals surface area contributed by atoms with Crippen molar-refractivity contribution in [3.05, 3.63) is 45.1 Å². The van der Waals surface area contributed by atoms with E-state index < -0.39 is 63.2 Å². The highest BCUT2D eigenvalue weighted by Gasteiger charge is 2.64. The fourth-order valence-corrected chi connectivity index (χ4v) is 2.53. The number of ether oxygens (including phenoxy) is 1. The van der Waals surface area contributed by atoms with E-state index in [9.17, 15) is 50.0 Å². The molecule has 1 aromatic heterocycles. The zero-order valence-electron chi connectivity index (χ0n) is 15.2. The molecule has 8 nitrogen and oxygen atoms in total. The molecule has 1 N–H and O–H groups in total. The van der Waals surface area contributed by atoms with Crippen molar-refractivity contribution in [2.75, 3.05) is 12.4 Å². The zero-order chi connectivity index (χ0) is 23.9. The molecule has 0 spiro atoms. The predicted octanol–water partition coefficient (Wildman–Crippen LogP) is 4.26. The van der Waals surface area contributed by atoms with E-state index in [-0.39, 0.29) is 4.68 Å². The summed E-state index contributed by atoms with van der Waals surface area (Å²) < 4.78 is 110. The van der Waals surface area contributed by atoms with Crippen LogP contribution in [0.3, 0.4) is 0 Å². The molecule has 0 aliphatic heterocycles. The highest BCUT2D eigenvalue weighted by atomic mass is 19.4. The fourth-order valence-electron chi connectivity index (χ4n) is 2.53. The van der Waals surface area contributed by atoms with Crippen LogP contribution in [0.2, 0.25) is 0 Å². The number of halogens is 8. The van der Waals surface area contributed by atoms with Gasteiger partial charge in [0.05, 0.1) is 17.6 Å². The minimum Gasteiger partial charge on any atom is -0.490 e. The first-order valence-electron chi connectivity index (χ1n) is 7.76. The minimum absolute atomic E-state index is 0.0282. The van der Waals surface area contributed by atoms with Gasteiger partial charge in [0.25, 0.3) is 5.91 Å². The van der Waals surface area contributed by atoms with Crippen molar-refractivity contribution in [2.45, 2.75) is 18.3 Å². The summed E-state index contributed by atoms with van der Waals surface area (Å²) in [4.78, 5) is 22.5. The predicted molar refractivity (Wildman–Crippen MR) is 85.8 cm³/mol. The van der Waals surface area contributed by atoms with Crippen molar-refractivity contribution in [1.82, 2.24) is 9.78 Å². The van der Waals surface area contributed by atoms with Gasteiger partial charge in [0.2, 0.25) is 5.75 Å². The number of hydrogen-bond acceptors (Lipinski definition) is 5. The number of aryl methyl sites for hydroxylation is 1. The first-order valence-corrected chi connectivity index (χ1v) is 7.76. The molecule has 2 rings (SSSR count). The number of aromatic nitrogens is 2. The third-order valence-electron chi connectivity index (χ3n) is 3.86. The second kappa shape index (κ2) is 7.66. The summed E-state index contributed by atoms with van der Waals surface area (Å²) in [6.45, 7) is 0. The number of alkyl halides is 8. The molecular formula is C15H10F8N4O4. The second-order valence-corrected chi connectivity index (χ2v) is 5.83. The van der Waals surface area contributed by atoms with Gasteiger partial charge in [-0.25, -0.2) is 0 Å². The summed E-state index contributed by atoms with van der Waals surface area (Å²) in [5, 5.41) is 15.1. The van der Waals surface area contributed by atoms with Gasteiger partial charge in [0.15, 0.2) is 5.69 Å². The van der Waals surface area contributed by atoms with Gasteiger partial charge in [-0.05, 0) is 6.07 Å². The zero-order valence-corrected chi connectivity index (χ0v) is 15.2. The molecule has 1 aromatic carbocycles. The molecule has 0 unspecified atom stereocenters. The lowest BCUT2D eigenvalue weighted by Crippen LogP contribution is -2.36. The lowest BCUT2D eigenvalue weighted by atomic mass is 10.1. The highest BCUT2D eigenvalue weighted by Crippen LogP contribution is 2.49. The van der Waals surface area contributed by atoms with Gasteiger partial charge in [-0.3, -0.25) is 19.6 Å². The number of anilines is 1. The van der Waals surface area contributed by atoms with Gasteiger partial charge in [-0.1, -0.05) is 6.07 Å². The Morgan fingerprint density at radius 2 is 1.74 bits per heavy atom. The van der Waals surface area contributed by atoms with Crippen molar-refractivity contribution >= 4 is 17.4 Å². The number of para-hydroxylation sites is 1. The Morgan fingerprint density at radius 1 is 1.16 bits per heavy atom. The van der Waals surface area contributed by atoms with Gasteiger partial charge in [0.1, 0.15) is 11.4 Å². The van der Waals surface area contributed by atoms with Crippen LogP contribution in [0.5, 0.6) is 5.75 Å². The summed E-state index contributed by atoms with van der Waals surface area (Å²) in [7, 11) is 1.50. The summed E-state index contributed by atoms with van der Waals surface area (Å²) in [6, 6.07) is 2.78. The largest absolute Gasteiger partial charge is 0.490 e. The quantitative estimate of drug-likeness (QED) is 0.407. The Hall–Kier alpha value is -3.46. The van der Waals surface area contributed by atoms with Gasteiger partial charge in [-0.2, -0.15) is 40.2 Å². The second-order valence-electron chi connectivity index (χ2n) is 5.83. The van der Waals surface area contributed by atoms with E-state index in [1.165, 1.54) is 5.32 Å². The van der Waals surface area contributed by atoms with E-state index in [4.69, 9.17) is 4.74 Å². The number of nitro groups is 1. The van der Waals surface area contributed by atoms with Crippen LogP contribution in [0.4, 0.5) is 46.6 Å². The number of rotatable bonds is 5. The van der Waals surface area contributed by atoms with Crippen molar-refractivity contribution in [2.24, 2.45) is 7.05 Å². The van der Waals surface area contributed by atoms with Crippen molar-refractivity contribution in [3.63, 3.8) is 0 Å². The van der Waals surface area contributed by atoms with E-state index in [0.29, 0.717) is 7.05 Å². The molecule has 2 aromatic rings. The number of methoxy groups -OCH3 is 1. The number of nitro benzene ring substituents is 1. The lowest BCUT2D eigenvalue weighted by molar-refractivity contribution is -0.385. The maximum atomic E-state index is 13.7. The number of carbonyl (C=O) groups is 1. The van der Waals surface area contributed by atoms with E-state index in [0.717, 1.165) is 25.3 Å². The molecule has 0 aliphatic carbocycles. The average molecular weight is 462 g/mol. The van der Waals surface area contributed by atoms with Gasteiger partial charge >= 0.3 is 24.0 Å². The first kappa shape index (κ1) is 23.8. The molecule has 0 atom stereocenters. The first-order chi connectivity index (χ1) is 14.0. The highest BCUT2D eigenvalue weighted by molar-refractivity contribution is 6.07. The smallest absolute Gasteiger partial charge is 0.459 e. The molecule has 1 amide bonds. The Kier molecular flexibility index (Phi) is 5.88. The van der Waals surface area contributed by atoms with Crippen LogP contribution in [-0.4, -0.2) is 33.9 Å². The topological polar surface area (TPSA) is 99.3 Å². The Labute approximate surface area is 166 Å². The van der Waals surface area contributed by atoms with Crippen LogP contribution in [0.15, 0.2) is 18.2 Å². The minimum atomic E-state index is -6.41. The third-order valence-corrected chi connectivity index (χ3v) is 3.86. The number of benzene rings is 1. The normalized spacial score (nSPS) is 12.6. The molecule has 0 saturated heterocycles. The Bertz CT molecular complexity index is 1030. The van der Waals surface area contributed by atoms with Gasteiger partial charge < -0.3 is 10.1 Å². The summed E-state index contributed by atoms with van der Waals surface area (Å²) in [6.07, 6.45) is -12.2. The van der Waals surface area contributed by atoms with Crippen LogP contribution in [-0.2, 0) is 19.1 Å². The lowest BCUT2D eigenvalue weighted by Gasteiger charge is -2.19. The van der Waals surface area contributed by atoms with Crippen LogP contribution in [0, 0.1) is 10.1 Å². The van der Waals surface area contributed by atoms with Gasteiger partial charge in [0, 0.05) is 13.1 Å². The van der Waals surface area contributed by atoms with Crippen molar-refractivity contribution < 1.29 is 49.6 Å². The molecule has 0 aliphatic rings. The number of hydrogen-bond donors (Lipinski definition) is 1. The molecule has 0 fully saturated rings. The Balaban J connectivity index is 2.66.